The van der Waals surface area contributed by atoms with Crippen LogP contribution in [0.2, 0.25) is 5.02 Å². The van der Waals surface area contributed by atoms with E-state index in [9.17, 15) is 9.59 Å². The van der Waals surface area contributed by atoms with Gasteiger partial charge in [0.25, 0.3) is 0 Å². The van der Waals surface area contributed by atoms with Gasteiger partial charge in [0.2, 0.25) is 11.8 Å². The maximum Gasteiger partial charge on any atom is 0.246 e. The highest BCUT2D eigenvalue weighted by Gasteiger charge is 2.32. The maximum absolute atomic E-state index is 11.9. The largest absolute Gasteiger partial charge is 0.298 e. The van der Waals surface area contributed by atoms with Crippen LogP contribution in [0, 0.1) is 6.92 Å². The molecular weight excluding hydrogens is 256 g/mol. The van der Waals surface area contributed by atoms with Gasteiger partial charge in [-0.05, 0) is 13.8 Å². The summed E-state index contributed by atoms with van der Waals surface area (Å²) >= 11 is 6.12. The van der Waals surface area contributed by atoms with Gasteiger partial charge >= 0.3 is 0 Å². The van der Waals surface area contributed by atoms with Crippen LogP contribution in [-0.2, 0) is 23.2 Å². The number of carbonyl (C=O) groups is 2. The predicted molar refractivity (Wildman–Crippen MR) is 66.0 cm³/mol. The van der Waals surface area contributed by atoms with Crippen molar-refractivity contribution >= 4 is 23.4 Å². The Labute approximate surface area is 110 Å². The van der Waals surface area contributed by atoms with Crippen molar-refractivity contribution in [3.63, 3.8) is 0 Å². The molecule has 1 unspecified atom stereocenters. The third-order valence-corrected chi connectivity index (χ3v) is 3.56. The molecule has 0 saturated carbocycles. The van der Waals surface area contributed by atoms with E-state index in [1.807, 2.05) is 0 Å². The van der Waals surface area contributed by atoms with Gasteiger partial charge in [-0.25, -0.2) is 0 Å². The molecule has 0 aliphatic carbocycles. The van der Waals surface area contributed by atoms with E-state index < -0.39 is 0 Å². The van der Waals surface area contributed by atoms with E-state index in [1.165, 1.54) is 4.90 Å². The van der Waals surface area contributed by atoms with Gasteiger partial charge in [-0.2, -0.15) is 5.10 Å². The van der Waals surface area contributed by atoms with Gasteiger partial charge in [0.15, 0.2) is 0 Å². The van der Waals surface area contributed by atoms with Crippen LogP contribution >= 0.6 is 11.6 Å². The summed E-state index contributed by atoms with van der Waals surface area (Å²) in [4.78, 5) is 24.9. The van der Waals surface area contributed by atoms with Crippen molar-refractivity contribution in [2.45, 2.75) is 26.4 Å². The predicted octanol–water partition coefficient (Wildman–Crippen LogP) is 0.229. The number of hydrogen-bond donors (Lipinski definition) is 1. The number of imide groups is 1. The average molecular weight is 271 g/mol. The second kappa shape index (κ2) is 4.70. The van der Waals surface area contributed by atoms with Gasteiger partial charge in [-0.3, -0.25) is 24.5 Å². The van der Waals surface area contributed by atoms with Crippen LogP contribution in [0.5, 0.6) is 0 Å². The molecule has 0 radical (unpaired) electrons. The molecule has 1 atom stereocenters. The number of hydrogen-bond acceptors (Lipinski definition) is 4. The SMILES string of the molecule is Cc1nn(C)c(CN2C(=O)CNC(C)C2=O)c1Cl. The fourth-order valence-electron chi connectivity index (χ4n) is 1.95. The topological polar surface area (TPSA) is 67.2 Å². The normalized spacial score (nSPS) is 20.7. The third-order valence-electron chi connectivity index (χ3n) is 3.07. The molecule has 0 spiro atoms. The van der Waals surface area contributed by atoms with Gasteiger partial charge in [-0.1, -0.05) is 11.6 Å². The molecule has 1 fully saturated rings. The Hall–Kier alpha value is -1.40. The molecule has 2 heterocycles. The van der Waals surface area contributed by atoms with Crippen molar-refractivity contribution in [2.75, 3.05) is 6.54 Å². The zero-order valence-corrected chi connectivity index (χ0v) is 11.3. The Morgan fingerprint density at radius 1 is 1.50 bits per heavy atom. The lowest BCUT2D eigenvalue weighted by Crippen LogP contribution is -2.56. The number of piperazine rings is 1. The number of halogens is 1. The third kappa shape index (κ3) is 2.13. The van der Waals surface area contributed by atoms with Gasteiger partial charge < -0.3 is 0 Å². The first kappa shape index (κ1) is 13.0. The molecular formula is C11H15ClN4O2. The minimum Gasteiger partial charge on any atom is -0.298 e. The zero-order chi connectivity index (χ0) is 13.4. The molecule has 2 amide bonds. The van der Waals surface area contributed by atoms with Gasteiger partial charge in [0, 0.05) is 7.05 Å². The Kier molecular flexibility index (Phi) is 3.41. The molecule has 7 heteroatoms. The molecule has 1 aliphatic heterocycles. The zero-order valence-electron chi connectivity index (χ0n) is 10.5. The van der Waals surface area contributed by atoms with Crippen LogP contribution in [0.15, 0.2) is 0 Å². The Morgan fingerprint density at radius 3 is 2.72 bits per heavy atom. The van der Waals surface area contributed by atoms with E-state index in [2.05, 4.69) is 10.4 Å². The van der Waals surface area contributed by atoms with Crippen LogP contribution in [0.3, 0.4) is 0 Å². The summed E-state index contributed by atoms with van der Waals surface area (Å²) in [6, 6.07) is -0.351. The van der Waals surface area contributed by atoms with Crippen molar-refractivity contribution in [3.05, 3.63) is 16.4 Å². The van der Waals surface area contributed by atoms with E-state index in [-0.39, 0.29) is 30.9 Å². The molecule has 6 nitrogen and oxygen atoms in total. The number of nitrogens with one attached hydrogen (secondary N) is 1. The molecule has 1 aromatic rings. The molecule has 1 aliphatic rings. The fraction of sp³-hybridized carbons (Fsp3) is 0.545. The van der Waals surface area contributed by atoms with Gasteiger partial charge in [-0.15, -0.1) is 0 Å². The number of rotatable bonds is 2. The Bertz CT molecular complexity index is 511. The first-order valence-electron chi connectivity index (χ1n) is 5.67. The first-order valence-corrected chi connectivity index (χ1v) is 6.05. The second-order valence-corrected chi connectivity index (χ2v) is 4.77. The van der Waals surface area contributed by atoms with Gasteiger partial charge in [0.05, 0.1) is 35.5 Å². The molecule has 98 valence electrons. The van der Waals surface area contributed by atoms with Crippen LogP contribution in [0.1, 0.15) is 18.3 Å². The van der Waals surface area contributed by atoms with E-state index >= 15 is 0 Å². The number of amides is 2. The Morgan fingerprint density at radius 2 is 2.17 bits per heavy atom. The van der Waals surface area contributed by atoms with Crippen LogP contribution in [0.4, 0.5) is 0 Å². The minimum atomic E-state index is -0.351. The molecule has 0 aromatic carbocycles. The lowest BCUT2D eigenvalue weighted by atomic mass is 10.2. The molecule has 0 bridgehead atoms. The van der Waals surface area contributed by atoms with Crippen molar-refractivity contribution in [3.8, 4) is 0 Å². The average Bonchev–Trinajstić information content (AvgIpc) is 2.55. The van der Waals surface area contributed by atoms with Crippen LogP contribution in [0.25, 0.3) is 0 Å². The summed E-state index contributed by atoms with van der Waals surface area (Å²) in [5.41, 5.74) is 1.36. The lowest BCUT2D eigenvalue weighted by molar-refractivity contribution is -0.149. The summed E-state index contributed by atoms with van der Waals surface area (Å²) in [5.74, 6) is -0.478. The summed E-state index contributed by atoms with van der Waals surface area (Å²) in [6.45, 7) is 3.86. The molecule has 2 rings (SSSR count). The first-order chi connectivity index (χ1) is 8.41. The molecule has 1 aromatic heterocycles. The standard InChI is InChI=1S/C11H15ClN4O2/c1-6-10(12)8(15(3)14-6)5-16-9(17)4-13-7(2)11(16)18/h7,13H,4-5H2,1-3H3. The van der Waals surface area contributed by atoms with Crippen molar-refractivity contribution in [1.29, 1.82) is 0 Å². The monoisotopic (exact) mass is 270 g/mol. The molecule has 1 N–H and O–H groups in total. The summed E-state index contributed by atoms with van der Waals surface area (Å²) < 4.78 is 1.60. The highest BCUT2D eigenvalue weighted by molar-refractivity contribution is 6.31. The molecule has 18 heavy (non-hydrogen) atoms. The van der Waals surface area contributed by atoms with Crippen LogP contribution < -0.4 is 5.32 Å². The number of carbonyl (C=O) groups excluding carboxylic acids is 2. The summed E-state index contributed by atoms with van der Waals surface area (Å²) in [7, 11) is 1.74. The number of aromatic nitrogens is 2. The summed E-state index contributed by atoms with van der Waals surface area (Å²) in [6.07, 6.45) is 0. The van der Waals surface area contributed by atoms with Crippen molar-refractivity contribution in [1.82, 2.24) is 20.0 Å². The lowest BCUT2D eigenvalue weighted by Gasteiger charge is -2.29. The van der Waals surface area contributed by atoms with E-state index in [0.29, 0.717) is 16.4 Å². The fourth-order valence-corrected chi connectivity index (χ4v) is 2.17. The smallest absolute Gasteiger partial charge is 0.246 e. The number of nitrogens with zero attached hydrogens (tertiary/aromatic N) is 3. The van der Waals surface area contributed by atoms with E-state index in [1.54, 1.807) is 25.6 Å². The highest BCUT2D eigenvalue weighted by atomic mass is 35.5. The van der Waals surface area contributed by atoms with E-state index in [0.717, 1.165) is 0 Å². The van der Waals surface area contributed by atoms with Crippen molar-refractivity contribution < 1.29 is 9.59 Å². The van der Waals surface area contributed by atoms with Crippen molar-refractivity contribution in [2.24, 2.45) is 7.05 Å². The minimum absolute atomic E-state index is 0.167. The molecule has 1 saturated heterocycles. The van der Waals surface area contributed by atoms with Crippen LogP contribution in [-0.4, -0.2) is 39.1 Å². The quantitative estimate of drug-likeness (QED) is 0.781. The van der Waals surface area contributed by atoms with E-state index in [4.69, 9.17) is 11.6 Å². The highest BCUT2D eigenvalue weighted by Crippen LogP contribution is 2.21. The summed E-state index contributed by atoms with van der Waals surface area (Å²) in [5, 5.41) is 7.50. The maximum atomic E-state index is 11.9. The number of aryl methyl sites for hydroxylation is 2. The Balaban J connectivity index is 2.27. The second-order valence-electron chi connectivity index (χ2n) is 4.39. The van der Waals surface area contributed by atoms with Gasteiger partial charge in [0.1, 0.15) is 0 Å².